The summed E-state index contributed by atoms with van der Waals surface area (Å²) >= 11 is 7.15. The van der Waals surface area contributed by atoms with E-state index in [2.05, 4.69) is 10.6 Å². The predicted octanol–water partition coefficient (Wildman–Crippen LogP) is 4.90. The van der Waals surface area contributed by atoms with Crippen LogP contribution in [0.3, 0.4) is 0 Å². The molecule has 7 heteroatoms. The Hall–Kier alpha value is -2.70. The number of furan rings is 1. The van der Waals surface area contributed by atoms with Crippen LogP contribution in [0.4, 0.5) is 5.69 Å². The Balaban J connectivity index is 1.37. The van der Waals surface area contributed by atoms with E-state index in [1.165, 1.54) is 11.8 Å². The third-order valence-electron chi connectivity index (χ3n) is 4.05. The van der Waals surface area contributed by atoms with Crippen molar-refractivity contribution >= 4 is 40.9 Å². The van der Waals surface area contributed by atoms with Crippen molar-refractivity contribution in [2.24, 2.45) is 0 Å². The number of hydrogen-bond acceptors (Lipinski definition) is 4. The van der Waals surface area contributed by atoms with Gasteiger partial charge in [0, 0.05) is 16.3 Å². The normalized spacial score (nSPS) is 10.6. The van der Waals surface area contributed by atoms with Gasteiger partial charge in [-0.25, -0.2) is 0 Å². The number of benzene rings is 2. The predicted molar refractivity (Wildman–Crippen MR) is 118 cm³/mol. The van der Waals surface area contributed by atoms with Gasteiger partial charge in [0.1, 0.15) is 11.5 Å². The number of rotatable bonds is 8. The largest absolute Gasteiger partial charge is 0.459 e. The molecular formula is C22H21ClN2O3S. The molecule has 0 saturated carbocycles. The smallest absolute Gasteiger partial charge is 0.234 e. The molecule has 0 aliphatic heterocycles. The summed E-state index contributed by atoms with van der Waals surface area (Å²) in [5.74, 6) is 1.50. The third kappa shape index (κ3) is 6.69. The minimum absolute atomic E-state index is 0.134. The first-order chi connectivity index (χ1) is 14.0. The van der Waals surface area contributed by atoms with Crippen molar-refractivity contribution in [1.29, 1.82) is 0 Å². The molecule has 0 spiro atoms. The first-order valence-electron chi connectivity index (χ1n) is 9.05. The van der Waals surface area contributed by atoms with Gasteiger partial charge in [-0.3, -0.25) is 9.59 Å². The Morgan fingerprint density at radius 1 is 0.931 bits per heavy atom. The molecule has 0 fully saturated rings. The number of aryl methyl sites for hydroxylation is 1. The quantitative estimate of drug-likeness (QED) is 0.535. The second-order valence-corrected chi connectivity index (χ2v) is 7.88. The van der Waals surface area contributed by atoms with Gasteiger partial charge in [0.15, 0.2) is 0 Å². The van der Waals surface area contributed by atoms with Crippen LogP contribution < -0.4 is 10.6 Å². The lowest BCUT2D eigenvalue weighted by Crippen LogP contribution is -2.25. The fourth-order valence-electron chi connectivity index (χ4n) is 2.55. The van der Waals surface area contributed by atoms with Crippen LogP contribution >= 0.6 is 23.4 Å². The molecular weight excluding hydrogens is 408 g/mol. The molecule has 0 aliphatic carbocycles. The molecule has 3 aromatic rings. The average Bonchev–Trinajstić information content (AvgIpc) is 3.18. The van der Waals surface area contributed by atoms with Crippen LogP contribution in [-0.2, 0) is 16.1 Å². The van der Waals surface area contributed by atoms with Crippen molar-refractivity contribution in [1.82, 2.24) is 5.32 Å². The van der Waals surface area contributed by atoms with Gasteiger partial charge in [-0.1, -0.05) is 29.3 Å². The van der Waals surface area contributed by atoms with Gasteiger partial charge in [-0.05, 0) is 55.5 Å². The zero-order valence-corrected chi connectivity index (χ0v) is 17.5. The molecule has 1 heterocycles. The summed E-state index contributed by atoms with van der Waals surface area (Å²) in [6, 6.07) is 18.6. The monoisotopic (exact) mass is 428 g/mol. The summed E-state index contributed by atoms with van der Waals surface area (Å²) in [5.41, 5.74) is 2.80. The molecule has 0 atom stereocenters. The number of hydrogen-bond donors (Lipinski definition) is 2. The molecule has 0 aliphatic rings. The standard InChI is InChI=1S/C22H21ClN2O3S/c1-15-2-8-18(9-3-15)25-22(27)14-29-13-21(26)24-12-19-10-11-20(28-19)16-4-6-17(23)7-5-16/h2-11H,12-14H2,1H3,(H,24,26)(H,25,27). The van der Waals surface area contributed by atoms with Crippen LogP contribution in [0, 0.1) is 6.92 Å². The van der Waals surface area contributed by atoms with Gasteiger partial charge < -0.3 is 15.1 Å². The average molecular weight is 429 g/mol. The topological polar surface area (TPSA) is 71.3 Å². The third-order valence-corrected chi connectivity index (χ3v) is 5.24. The lowest BCUT2D eigenvalue weighted by Gasteiger charge is -2.06. The fourth-order valence-corrected chi connectivity index (χ4v) is 3.32. The molecule has 5 nitrogen and oxygen atoms in total. The first-order valence-corrected chi connectivity index (χ1v) is 10.6. The maximum absolute atomic E-state index is 12.0. The Morgan fingerprint density at radius 2 is 1.62 bits per heavy atom. The van der Waals surface area contributed by atoms with Crippen LogP contribution in [0.1, 0.15) is 11.3 Å². The Bertz CT molecular complexity index is 968. The molecule has 0 saturated heterocycles. The number of halogens is 1. The zero-order chi connectivity index (χ0) is 20.6. The van der Waals surface area contributed by atoms with E-state index in [4.69, 9.17) is 16.0 Å². The van der Waals surface area contributed by atoms with Crippen LogP contribution in [0.25, 0.3) is 11.3 Å². The van der Waals surface area contributed by atoms with E-state index in [1.807, 2.05) is 55.5 Å². The number of amides is 2. The van der Waals surface area contributed by atoms with Crippen molar-refractivity contribution in [3.05, 3.63) is 77.0 Å². The lowest BCUT2D eigenvalue weighted by atomic mass is 10.2. The van der Waals surface area contributed by atoms with Gasteiger partial charge in [0.2, 0.25) is 11.8 Å². The summed E-state index contributed by atoms with van der Waals surface area (Å²) in [6.45, 7) is 2.28. The molecule has 150 valence electrons. The van der Waals surface area contributed by atoms with Crippen molar-refractivity contribution in [3.8, 4) is 11.3 Å². The molecule has 0 radical (unpaired) electrons. The molecule has 2 N–H and O–H groups in total. The minimum atomic E-state index is -0.150. The van der Waals surface area contributed by atoms with Gasteiger partial charge in [0.25, 0.3) is 0 Å². The van der Waals surface area contributed by atoms with Crippen LogP contribution in [0.5, 0.6) is 0 Å². The van der Waals surface area contributed by atoms with Gasteiger partial charge in [0.05, 0.1) is 18.1 Å². The molecule has 2 aromatic carbocycles. The van der Waals surface area contributed by atoms with E-state index < -0.39 is 0 Å². The van der Waals surface area contributed by atoms with Gasteiger partial charge in [-0.15, -0.1) is 11.8 Å². The number of carbonyl (C=O) groups excluding carboxylic acids is 2. The van der Waals surface area contributed by atoms with Gasteiger partial charge in [-0.2, -0.15) is 0 Å². The second kappa shape index (κ2) is 10.2. The highest BCUT2D eigenvalue weighted by molar-refractivity contribution is 8.00. The highest BCUT2D eigenvalue weighted by atomic mass is 35.5. The van der Waals surface area contributed by atoms with E-state index in [-0.39, 0.29) is 23.3 Å². The van der Waals surface area contributed by atoms with E-state index in [0.717, 1.165) is 16.8 Å². The zero-order valence-electron chi connectivity index (χ0n) is 15.9. The second-order valence-electron chi connectivity index (χ2n) is 6.46. The number of anilines is 1. The number of nitrogens with one attached hydrogen (secondary N) is 2. The molecule has 29 heavy (non-hydrogen) atoms. The molecule has 0 unspecified atom stereocenters. The number of thioether (sulfide) groups is 1. The molecule has 1 aromatic heterocycles. The van der Waals surface area contributed by atoms with Crippen LogP contribution in [-0.4, -0.2) is 23.3 Å². The van der Waals surface area contributed by atoms with E-state index >= 15 is 0 Å². The summed E-state index contributed by atoms with van der Waals surface area (Å²) < 4.78 is 5.75. The Morgan fingerprint density at radius 3 is 2.34 bits per heavy atom. The summed E-state index contributed by atoms with van der Waals surface area (Å²) in [4.78, 5) is 23.9. The SMILES string of the molecule is Cc1ccc(NC(=O)CSCC(=O)NCc2ccc(-c3ccc(Cl)cc3)o2)cc1. The van der Waals surface area contributed by atoms with E-state index in [9.17, 15) is 9.59 Å². The molecule has 0 bridgehead atoms. The van der Waals surface area contributed by atoms with E-state index in [1.54, 1.807) is 12.1 Å². The molecule has 2 amide bonds. The van der Waals surface area contributed by atoms with Crippen molar-refractivity contribution in [3.63, 3.8) is 0 Å². The fraction of sp³-hybridized carbons (Fsp3) is 0.182. The summed E-state index contributed by atoms with van der Waals surface area (Å²) in [6.07, 6.45) is 0. The van der Waals surface area contributed by atoms with Crippen LogP contribution in [0.15, 0.2) is 65.1 Å². The number of carbonyl (C=O) groups is 2. The lowest BCUT2D eigenvalue weighted by molar-refractivity contribution is -0.118. The van der Waals surface area contributed by atoms with Crippen molar-refractivity contribution in [2.45, 2.75) is 13.5 Å². The minimum Gasteiger partial charge on any atom is -0.459 e. The van der Waals surface area contributed by atoms with Gasteiger partial charge >= 0.3 is 0 Å². The highest BCUT2D eigenvalue weighted by Gasteiger charge is 2.09. The summed E-state index contributed by atoms with van der Waals surface area (Å²) in [5, 5.41) is 6.27. The van der Waals surface area contributed by atoms with Crippen molar-refractivity contribution in [2.75, 3.05) is 16.8 Å². The molecule has 3 rings (SSSR count). The Kier molecular flexibility index (Phi) is 7.38. The van der Waals surface area contributed by atoms with Crippen molar-refractivity contribution < 1.29 is 14.0 Å². The first kappa shape index (κ1) is 21.0. The highest BCUT2D eigenvalue weighted by Crippen LogP contribution is 2.23. The maximum atomic E-state index is 12.0. The van der Waals surface area contributed by atoms with Crippen LogP contribution in [0.2, 0.25) is 5.02 Å². The van der Waals surface area contributed by atoms with E-state index in [0.29, 0.717) is 23.1 Å². The Labute approximate surface area is 178 Å². The summed E-state index contributed by atoms with van der Waals surface area (Å²) in [7, 11) is 0. The maximum Gasteiger partial charge on any atom is 0.234 e.